The van der Waals surface area contributed by atoms with Crippen LogP contribution in [0.25, 0.3) is 0 Å². The molecule has 0 aliphatic carbocycles. The van der Waals surface area contributed by atoms with Gasteiger partial charge in [0.1, 0.15) is 0 Å². The highest BCUT2D eigenvalue weighted by Gasteiger charge is 2.45. The number of rotatable bonds is 3. The molecule has 0 unspecified atom stereocenters. The van der Waals surface area contributed by atoms with Crippen LogP contribution in [0.3, 0.4) is 0 Å². The van der Waals surface area contributed by atoms with Crippen molar-refractivity contribution in [2.24, 2.45) is 0 Å². The number of fused-ring (bicyclic) bond motifs is 3. The second-order valence-electron chi connectivity index (χ2n) is 6.27. The van der Waals surface area contributed by atoms with Crippen molar-refractivity contribution in [3.63, 3.8) is 0 Å². The van der Waals surface area contributed by atoms with Crippen molar-refractivity contribution >= 4 is 11.6 Å². The van der Waals surface area contributed by atoms with Gasteiger partial charge in [-0.15, -0.1) is 0 Å². The Bertz CT molecular complexity index is 492. The summed E-state index contributed by atoms with van der Waals surface area (Å²) in [5, 5.41) is 3.09. The van der Waals surface area contributed by atoms with E-state index in [2.05, 4.69) is 17.1 Å². The number of benzene rings is 1. The lowest BCUT2D eigenvalue weighted by molar-refractivity contribution is -0.953. The number of nitrogens with one attached hydrogen (secondary N) is 1. The van der Waals surface area contributed by atoms with Gasteiger partial charge < -0.3 is 9.80 Å². The number of hydrogen-bond acceptors (Lipinski definition) is 2. The molecule has 3 aliphatic heterocycles. The lowest BCUT2D eigenvalue weighted by atomic mass is 10.1. The summed E-state index contributed by atoms with van der Waals surface area (Å²) in [6.07, 6.45) is 0. The van der Waals surface area contributed by atoms with Gasteiger partial charge in [-0.3, -0.25) is 9.69 Å². The molecule has 4 rings (SSSR count). The Labute approximate surface area is 121 Å². The molecule has 1 N–H and O–H groups in total. The lowest BCUT2D eigenvalue weighted by Gasteiger charge is -2.52. The fraction of sp³-hybridized carbons (Fsp3) is 0.562. The van der Waals surface area contributed by atoms with Gasteiger partial charge in [0.15, 0.2) is 6.04 Å². The molecule has 0 aromatic heterocycles. The zero-order chi connectivity index (χ0) is 14.2. The van der Waals surface area contributed by atoms with E-state index in [0.717, 1.165) is 49.4 Å². The van der Waals surface area contributed by atoms with E-state index < -0.39 is 0 Å². The third-order valence-electron chi connectivity index (χ3n) is 5.07. The predicted molar refractivity (Wildman–Crippen MR) is 80.6 cm³/mol. The molecular weight excluding hydrogens is 250 g/mol. The molecule has 1 aromatic rings. The van der Waals surface area contributed by atoms with Gasteiger partial charge in [0.25, 0.3) is 5.91 Å². The Morgan fingerprint density at radius 3 is 2.50 bits per heavy atom. The molecule has 1 aromatic carbocycles. The normalized spacial score (nSPS) is 30.0. The molecule has 108 valence electrons. The summed E-state index contributed by atoms with van der Waals surface area (Å²) in [6.45, 7) is 10.9. The standard InChI is InChI=1S/C16H23N3O/c1-13-4-3-5-15(12-13)17-16(20)14(2)19-9-6-18(7-10-19)8-11-19/h3-5,12,14H,6-11H2,1-2H3/p+1/t14-/m1/s1. The van der Waals surface area contributed by atoms with Crippen molar-refractivity contribution in [3.8, 4) is 0 Å². The fourth-order valence-corrected chi connectivity index (χ4v) is 3.49. The first-order valence-electron chi connectivity index (χ1n) is 7.55. The van der Waals surface area contributed by atoms with Crippen molar-refractivity contribution in [2.45, 2.75) is 19.9 Å². The van der Waals surface area contributed by atoms with Crippen LogP contribution in [-0.4, -0.2) is 60.6 Å². The van der Waals surface area contributed by atoms with E-state index in [1.165, 1.54) is 5.56 Å². The van der Waals surface area contributed by atoms with Crippen LogP contribution in [0.2, 0.25) is 0 Å². The van der Waals surface area contributed by atoms with E-state index in [1.54, 1.807) is 0 Å². The summed E-state index contributed by atoms with van der Waals surface area (Å²) in [5.74, 6) is 0.158. The highest BCUT2D eigenvalue weighted by molar-refractivity contribution is 5.93. The average molecular weight is 274 g/mol. The van der Waals surface area contributed by atoms with Crippen molar-refractivity contribution in [1.29, 1.82) is 0 Å². The van der Waals surface area contributed by atoms with Crippen LogP contribution in [0.4, 0.5) is 5.69 Å². The molecule has 0 saturated carbocycles. The monoisotopic (exact) mass is 274 g/mol. The molecule has 3 fully saturated rings. The van der Waals surface area contributed by atoms with Crippen molar-refractivity contribution in [2.75, 3.05) is 44.6 Å². The molecule has 3 aliphatic rings. The van der Waals surface area contributed by atoms with Gasteiger partial charge in [0.2, 0.25) is 0 Å². The van der Waals surface area contributed by atoms with Gasteiger partial charge in [0.05, 0.1) is 19.6 Å². The smallest absolute Gasteiger partial charge is 0.282 e. The van der Waals surface area contributed by atoms with Gasteiger partial charge in [-0.1, -0.05) is 12.1 Å². The Balaban J connectivity index is 1.70. The molecule has 3 heterocycles. The Morgan fingerprint density at radius 2 is 1.90 bits per heavy atom. The first-order valence-corrected chi connectivity index (χ1v) is 7.55. The SMILES string of the molecule is Cc1cccc(NC(=O)[C@@H](C)[N+]23CCN(CC2)CC3)c1. The Kier molecular flexibility index (Phi) is 3.52. The zero-order valence-electron chi connectivity index (χ0n) is 12.4. The van der Waals surface area contributed by atoms with E-state index in [4.69, 9.17) is 0 Å². The number of aryl methyl sites for hydroxylation is 1. The average Bonchev–Trinajstić information content (AvgIpc) is 2.48. The number of nitrogens with zero attached hydrogens (tertiary/aromatic N) is 2. The highest BCUT2D eigenvalue weighted by Crippen LogP contribution is 2.24. The van der Waals surface area contributed by atoms with Gasteiger partial charge in [-0.25, -0.2) is 0 Å². The van der Waals surface area contributed by atoms with Gasteiger partial charge >= 0.3 is 0 Å². The number of hydrogen-bond donors (Lipinski definition) is 1. The molecule has 20 heavy (non-hydrogen) atoms. The maximum atomic E-state index is 12.6. The molecule has 4 nitrogen and oxygen atoms in total. The minimum absolute atomic E-state index is 0.0398. The van der Waals surface area contributed by atoms with Crippen LogP contribution in [-0.2, 0) is 4.79 Å². The lowest BCUT2D eigenvalue weighted by Crippen LogP contribution is -2.72. The van der Waals surface area contributed by atoms with Crippen molar-refractivity contribution in [3.05, 3.63) is 29.8 Å². The molecular formula is C16H24N3O+. The summed E-state index contributed by atoms with van der Waals surface area (Å²) in [6, 6.07) is 8.06. The summed E-state index contributed by atoms with van der Waals surface area (Å²) in [4.78, 5) is 15.1. The molecule has 1 amide bonds. The third kappa shape index (κ3) is 2.45. The first kappa shape index (κ1) is 13.6. The van der Waals surface area contributed by atoms with Crippen LogP contribution < -0.4 is 5.32 Å². The van der Waals surface area contributed by atoms with E-state index in [-0.39, 0.29) is 11.9 Å². The van der Waals surface area contributed by atoms with Crippen LogP contribution >= 0.6 is 0 Å². The quantitative estimate of drug-likeness (QED) is 0.847. The van der Waals surface area contributed by atoms with Gasteiger partial charge in [0, 0.05) is 25.3 Å². The number of amides is 1. The zero-order valence-corrected chi connectivity index (χ0v) is 12.4. The Hall–Kier alpha value is -1.39. The van der Waals surface area contributed by atoms with Crippen LogP contribution in [0, 0.1) is 6.92 Å². The molecule has 0 radical (unpaired) electrons. The highest BCUT2D eigenvalue weighted by atomic mass is 16.2. The van der Waals surface area contributed by atoms with Crippen LogP contribution in [0.1, 0.15) is 12.5 Å². The minimum Gasteiger partial charge on any atom is -0.321 e. The van der Waals surface area contributed by atoms with E-state index in [9.17, 15) is 4.79 Å². The number of piperazine rings is 3. The largest absolute Gasteiger partial charge is 0.321 e. The first-order chi connectivity index (χ1) is 9.59. The van der Waals surface area contributed by atoms with Gasteiger partial charge in [-0.05, 0) is 31.5 Å². The van der Waals surface area contributed by atoms with Gasteiger partial charge in [-0.2, -0.15) is 0 Å². The topological polar surface area (TPSA) is 32.3 Å². The number of carbonyl (C=O) groups is 1. The van der Waals surface area contributed by atoms with E-state index in [1.807, 2.05) is 31.2 Å². The summed E-state index contributed by atoms with van der Waals surface area (Å²) in [5.41, 5.74) is 2.09. The molecule has 1 atom stereocenters. The summed E-state index contributed by atoms with van der Waals surface area (Å²) in [7, 11) is 0. The van der Waals surface area contributed by atoms with Crippen molar-refractivity contribution in [1.82, 2.24) is 4.90 Å². The summed E-state index contributed by atoms with van der Waals surface area (Å²) >= 11 is 0. The maximum absolute atomic E-state index is 12.6. The second kappa shape index (κ2) is 5.19. The molecule has 0 spiro atoms. The number of carbonyl (C=O) groups excluding carboxylic acids is 1. The number of anilines is 1. The second-order valence-corrected chi connectivity index (χ2v) is 6.27. The van der Waals surface area contributed by atoms with E-state index >= 15 is 0 Å². The Morgan fingerprint density at radius 1 is 1.25 bits per heavy atom. The van der Waals surface area contributed by atoms with Crippen LogP contribution in [0.5, 0.6) is 0 Å². The van der Waals surface area contributed by atoms with Crippen molar-refractivity contribution < 1.29 is 9.28 Å². The minimum atomic E-state index is 0.0398. The van der Waals surface area contributed by atoms with Crippen LogP contribution in [0.15, 0.2) is 24.3 Å². The van der Waals surface area contributed by atoms with E-state index in [0.29, 0.717) is 0 Å². The maximum Gasteiger partial charge on any atom is 0.282 e. The number of quaternary nitrogens is 1. The predicted octanol–water partition coefficient (Wildman–Crippen LogP) is 1.47. The fourth-order valence-electron chi connectivity index (χ4n) is 3.49. The molecule has 3 saturated heterocycles. The molecule has 2 bridgehead atoms. The summed E-state index contributed by atoms with van der Waals surface area (Å²) < 4.78 is 0.966. The third-order valence-corrected chi connectivity index (χ3v) is 5.07. The molecule has 4 heteroatoms.